The van der Waals surface area contributed by atoms with E-state index in [1.165, 1.54) is 12.4 Å². The van der Waals surface area contributed by atoms with Crippen molar-refractivity contribution in [3.8, 4) is 11.6 Å². The van der Waals surface area contributed by atoms with Crippen LogP contribution in [0.4, 0.5) is 5.82 Å². The van der Waals surface area contributed by atoms with E-state index in [-0.39, 0.29) is 0 Å². The molecule has 6 nitrogen and oxygen atoms in total. The average molecular weight is 253 g/mol. The van der Waals surface area contributed by atoms with Crippen LogP contribution in [0.3, 0.4) is 0 Å². The monoisotopic (exact) mass is 253 g/mol. The van der Waals surface area contributed by atoms with Crippen LogP contribution in [0.1, 0.15) is 0 Å². The van der Waals surface area contributed by atoms with Crippen LogP contribution < -0.4 is 16.0 Å². The maximum Gasteiger partial charge on any atom is 0.239 e. The van der Waals surface area contributed by atoms with Gasteiger partial charge in [-0.25, -0.2) is 5.84 Å². The number of rotatable bonds is 3. The quantitative estimate of drug-likeness (QED) is 0.549. The standard InChI is InChI=1S/C13H11N5O/c14-18-12-7-15-8-13(17-12)19-10-5-9-3-1-2-4-11(9)16-6-10/h1-8H,14H2,(H,17,18). The number of pyridine rings is 1. The van der Waals surface area contributed by atoms with E-state index in [9.17, 15) is 0 Å². The summed E-state index contributed by atoms with van der Waals surface area (Å²) in [7, 11) is 0. The Balaban J connectivity index is 1.92. The molecule has 0 amide bonds. The normalized spacial score (nSPS) is 10.4. The van der Waals surface area contributed by atoms with E-state index in [0.717, 1.165) is 10.9 Å². The molecule has 0 fully saturated rings. The summed E-state index contributed by atoms with van der Waals surface area (Å²) in [6.45, 7) is 0. The maximum absolute atomic E-state index is 5.60. The van der Waals surface area contributed by atoms with Crippen molar-refractivity contribution in [2.75, 3.05) is 5.43 Å². The van der Waals surface area contributed by atoms with Gasteiger partial charge in [-0.15, -0.1) is 0 Å². The first-order chi connectivity index (χ1) is 9.35. The molecule has 2 heterocycles. The molecule has 0 unspecified atom stereocenters. The number of nitrogens with one attached hydrogen (secondary N) is 1. The van der Waals surface area contributed by atoms with E-state index in [4.69, 9.17) is 10.6 Å². The third-order valence-electron chi connectivity index (χ3n) is 2.55. The van der Waals surface area contributed by atoms with E-state index >= 15 is 0 Å². The summed E-state index contributed by atoms with van der Waals surface area (Å²) in [5.74, 6) is 6.66. The summed E-state index contributed by atoms with van der Waals surface area (Å²) in [5.41, 5.74) is 3.33. The van der Waals surface area contributed by atoms with Crippen molar-refractivity contribution in [3.63, 3.8) is 0 Å². The lowest BCUT2D eigenvalue weighted by Gasteiger charge is -2.06. The minimum atomic E-state index is 0.354. The first kappa shape index (κ1) is 11.4. The lowest BCUT2D eigenvalue weighted by atomic mass is 10.2. The Bertz CT molecular complexity index is 716. The molecule has 6 heteroatoms. The smallest absolute Gasteiger partial charge is 0.239 e. The fourth-order valence-electron chi connectivity index (χ4n) is 1.69. The van der Waals surface area contributed by atoms with E-state index in [1.54, 1.807) is 6.20 Å². The number of nitrogen functional groups attached to an aromatic ring is 1. The molecule has 3 N–H and O–H groups in total. The van der Waals surface area contributed by atoms with Crippen LogP contribution in [-0.2, 0) is 0 Å². The fraction of sp³-hybridized carbons (Fsp3) is 0. The predicted octanol–water partition coefficient (Wildman–Crippen LogP) is 2.10. The van der Waals surface area contributed by atoms with Crippen LogP contribution in [-0.4, -0.2) is 15.0 Å². The van der Waals surface area contributed by atoms with Crippen LogP contribution in [0.15, 0.2) is 48.9 Å². The summed E-state index contributed by atoms with van der Waals surface area (Å²) >= 11 is 0. The first-order valence-corrected chi connectivity index (χ1v) is 5.66. The van der Waals surface area contributed by atoms with E-state index in [2.05, 4.69) is 20.4 Å². The van der Waals surface area contributed by atoms with Crippen LogP contribution >= 0.6 is 0 Å². The first-order valence-electron chi connectivity index (χ1n) is 5.66. The van der Waals surface area contributed by atoms with Crippen LogP contribution in [0.5, 0.6) is 11.6 Å². The molecular weight excluding hydrogens is 242 g/mol. The highest BCUT2D eigenvalue weighted by molar-refractivity contribution is 5.79. The lowest BCUT2D eigenvalue weighted by molar-refractivity contribution is 0.459. The molecule has 0 saturated heterocycles. The Hall–Kier alpha value is -2.73. The molecule has 1 aromatic carbocycles. The van der Waals surface area contributed by atoms with Gasteiger partial charge in [0.15, 0.2) is 5.82 Å². The van der Waals surface area contributed by atoms with Crippen LogP contribution in [0, 0.1) is 0 Å². The minimum Gasteiger partial charge on any atom is -0.436 e. The third-order valence-corrected chi connectivity index (χ3v) is 2.55. The number of anilines is 1. The van der Waals surface area contributed by atoms with Gasteiger partial charge < -0.3 is 10.2 Å². The molecule has 2 aromatic heterocycles. The maximum atomic E-state index is 5.60. The number of aromatic nitrogens is 3. The average Bonchev–Trinajstić information content (AvgIpc) is 2.47. The molecule has 0 aliphatic heterocycles. The molecule has 0 radical (unpaired) electrons. The second-order valence-electron chi connectivity index (χ2n) is 3.85. The van der Waals surface area contributed by atoms with Gasteiger partial charge in [0.25, 0.3) is 0 Å². The fourth-order valence-corrected chi connectivity index (χ4v) is 1.69. The molecule has 0 aliphatic carbocycles. The van der Waals surface area contributed by atoms with Gasteiger partial charge in [0.05, 0.1) is 24.1 Å². The highest BCUT2D eigenvalue weighted by Crippen LogP contribution is 2.22. The SMILES string of the molecule is NNc1cncc(Oc2cnc3ccccc3c2)n1. The van der Waals surface area contributed by atoms with Gasteiger partial charge in [-0.3, -0.25) is 9.97 Å². The van der Waals surface area contributed by atoms with Gasteiger partial charge in [-0.05, 0) is 12.1 Å². The molecule has 0 bridgehead atoms. The van der Waals surface area contributed by atoms with Crippen molar-refractivity contribution in [2.45, 2.75) is 0 Å². The Morgan fingerprint density at radius 1 is 1.11 bits per heavy atom. The zero-order valence-electron chi connectivity index (χ0n) is 9.95. The molecule has 94 valence electrons. The summed E-state index contributed by atoms with van der Waals surface area (Å²) in [4.78, 5) is 12.4. The molecule has 0 atom stereocenters. The van der Waals surface area contributed by atoms with Gasteiger partial charge in [0.1, 0.15) is 5.75 Å². The Morgan fingerprint density at radius 3 is 2.89 bits per heavy atom. The molecule has 0 spiro atoms. The van der Waals surface area contributed by atoms with Crippen molar-refractivity contribution in [1.82, 2.24) is 15.0 Å². The summed E-state index contributed by atoms with van der Waals surface area (Å²) in [6.07, 6.45) is 4.66. The van der Waals surface area contributed by atoms with Crippen LogP contribution in [0.25, 0.3) is 10.9 Å². The van der Waals surface area contributed by atoms with Crippen molar-refractivity contribution in [3.05, 3.63) is 48.9 Å². The summed E-state index contributed by atoms with van der Waals surface area (Å²) in [5, 5.41) is 1.00. The van der Waals surface area contributed by atoms with Crippen molar-refractivity contribution < 1.29 is 4.74 Å². The summed E-state index contributed by atoms with van der Waals surface area (Å²) in [6, 6.07) is 9.70. The van der Waals surface area contributed by atoms with Gasteiger partial charge in [0.2, 0.25) is 5.88 Å². The largest absolute Gasteiger partial charge is 0.436 e. The Morgan fingerprint density at radius 2 is 2.00 bits per heavy atom. The zero-order valence-corrected chi connectivity index (χ0v) is 9.95. The number of para-hydroxylation sites is 1. The van der Waals surface area contributed by atoms with Gasteiger partial charge in [-0.2, -0.15) is 4.98 Å². The number of ether oxygens (including phenoxy) is 1. The highest BCUT2D eigenvalue weighted by Gasteiger charge is 2.02. The third kappa shape index (κ3) is 2.43. The van der Waals surface area contributed by atoms with Crippen molar-refractivity contribution >= 4 is 16.7 Å². The number of fused-ring (bicyclic) bond motifs is 1. The molecular formula is C13H11N5O. The topological polar surface area (TPSA) is 86.0 Å². The Kier molecular flexibility index (Phi) is 2.91. The molecule has 19 heavy (non-hydrogen) atoms. The van der Waals surface area contributed by atoms with Crippen molar-refractivity contribution in [2.24, 2.45) is 5.84 Å². The summed E-state index contributed by atoms with van der Waals surface area (Å²) < 4.78 is 5.60. The number of hydrazine groups is 1. The van der Waals surface area contributed by atoms with Crippen LogP contribution in [0.2, 0.25) is 0 Å². The van der Waals surface area contributed by atoms with E-state index < -0.39 is 0 Å². The lowest BCUT2D eigenvalue weighted by Crippen LogP contribution is -2.09. The predicted molar refractivity (Wildman–Crippen MR) is 71.7 cm³/mol. The number of benzene rings is 1. The van der Waals surface area contributed by atoms with Gasteiger partial charge in [-0.1, -0.05) is 18.2 Å². The van der Waals surface area contributed by atoms with E-state index in [1.807, 2.05) is 30.3 Å². The number of nitrogens with two attached hydrogens (primary N) is 1. The second kappa shape index (κ2) is 4.87. The molecule has 3 rings (SSSR count). The van der Waals surface area contributed by atoms with Gasteiger partial charge >= 0.3 is 0 Å². The second-order valence-corrected chi connectivity index (χ2v) is 3.85. The number of nitrogens with zero attached hydrogens (tertiary/aromatic N) is 3. The van der Waals surface area contributed by atoms with E-state index in [0.29, 0.717) is 17.4 Å². The van der Waals surface area contributed by atoms with Gasteiger partial charge in [0, 0.05) is 5.39 Å². The van der Waals surface area contributed by atoms with Crippen molar-refractivity contribution in [1.29, 1.82) is 0 Å². The number of hydrogen-bond donors (Lipinski definition) is 2. The minimum absolute atomic E-state index is 0.354. The molecule has 0 aliphatic rings. The molecule has 0 saturated carbocycles. The highest BCUT2D eigenvalue weighted by atomic mass is 16.5. The zero-order chi connectivity index (χ0) is 13.1. The molecule has 3 aromatic rings. The Labute approximate surface area is 109 Å². The number of hydrogen-bond acceptors (Lipinski definition) is 6.